The average molecular weight is 345 g/mol. The van der Waals surface area contributed by atoms with Gasteiger partial charge in [0.1, 0.15) is 11.6 Å². The number of halogens is 1. The first-order valence-corrected chi connectivity index (χ1v) is 8.67. The summed E-state index contributed by atoms with van der Waals surface area (Å²) in [5.41, 5.74) is 1.33. The second-order valence-corrected chi connectivity index (χ2v) is 6.42. The largest absolute Gasteiger partial charge is 0.468 e. The van der Waals surface area contributed by atoms with Gasteiger partial charge in [-0.3, -0.25) is 4.90 Å². The van der Waals surface area contributed by atoms with Crippen molar-refractivity contribution in [1.29, 1.82) is 0 Å². The first-order valence-electron chi connectivity index (χ1n) is 8.67. The zero-order valence-corrected chi connectivity index (χ0v) is 14.4. The number of aryl methyl sites for hydroxylation is 1. The van der Waals surface area contributed by atoms with E-state index in [2.05, 4.69) is 15.5 Å². The van der Waals surface area contributed by atoms with E-state index in [9.17, 15) is 9.18 Å². The molecule has 6 heteroatoms. The number of carbonyl (C=O) groups excluding carboxylic acids is 1. The van der Waals surface area contributed by atoms with Crippen molar-refractivity contribution in [1.82, 2.24) is 15.5 Å². The summed E-state index contributed by atoms with van der Waals surface area (Å²) in [4.78, 5) is 14.4. The standard InChI is InChI=1S/C19H24FN3O2/c1-14-6-7-15(11-16(14)20)12-21-19(24)22-13-17(18-5-4-10-25-18)23-8-2-3-9-23/h4-7,10-11,17H,2-3,8-9,12-13H2,1H3,(H2,21,22,24). The molecule has 1 aliphatic rings. The van der Waals surface area contributed by atoms with Crippen LogP contribution in [0.15, 0.2) is 41.0 Å². The van der Waals surface area contributed by atoms with E-state index >= 15 is 0 Å². The zero-order valence-electron chi connectivity index (χ0n) is 14.4. The van der Waals surface area contributed by atoms with Gasteiger partial charge < -0.3 is 15.1 Å². The van der Waals surface area contributed by atoms with Crippen molar-refractivity contribution < 1.29 is 13.6 Å². The third-order valence-electron chi connectivity index (χ3n) is 4.60. The van der Waals surface area contributed by atoms with Crippen LogP contribution < -0.4 is 10.6 Å². The quantitative estimate of drug-likeness (QED) is 0.844. The molecule has 2 heterocycles. The first-order chi connectivity index (χ1) is 12.1. The van der Waals surface area contributed by atoms with Crippen molar-refractivity contribution in [3.05, 3.63) is 59.3 Å². The van der Waals surface area contributed by atoms with Gasteiger partial charge >= 0.3 is 6.03 Å². The maximum atomic E-state index is 13.5. The van der Waals surface area contributed by atoms with Crippen molar-refractivity contribution in [2.24, 2.45) is 0 Å². The molecule has 1 fully saturated rings. The van der Waals surface area contributed by atoms with Crippen molar-refractivity contribution in [3.8, 4) is 0 Å². The van der Waals surface area contributed by atoms with Crippen LogP contribution in [0.5, 0.6) is 0 Å². The summed E-state index contributed by atoms with van der Waals surface area (Å²) in [6.45, 7) is 4.50. The molecular formula is C19H24FN3O2. The van der Waals surface area contributed by atoms with Crippen LogP contribution in [-0.2, 0) is 6.54 Å². The number of amides is 2. The van der Waals surface area contributed by atoms with Gasteiger partial charge in [-0.2, -0.15) is 0 Å². The van der Waals surface area contributed by atoms with Gasteiger partial charge in [0.15, 0.2) is 0 Å². The van der Waals surface area contributed by atoms with E-state index in [0.29, 0.717) is 12.1 Å². The van der Waals surface area contributed by atoms with Crippen LogP contribution in [0.3, 0.4) is 0 Å². The van der Waals surface area contributed by atoms with E-state index in [1.54, 1.807) is 19.3 Å². The van der Waals surface area contributed by atoms with Crippen molar-refractivity contribution in [2.45, 2.75) is 32.4 Å². The highest BCUT2D eigenvalue weighted by atomic mass is 19.1. The number of hydrogen-bond acceptors (Lipinski definition) is 3. The molecule has 3 rings (SSSR count). The van der Waals surface area contributed by atoms with E-state index in [1.807, 2.05) is 18.2 Å². The summed E-state index contributed by atoms with van der Waals surface area (Å²) >= 11 is 0. The molecule has 1 atom stereocenters. The molecule has 1 aromatic carbocycles. The molecule has 5 nitrogen and oxygen atoms in total. The lowest BCUT2D eigenvalue weighted by Gasteiger charge is -2.26. The number of urea groups is 1. The highest BCUT2D eigenvalue weighted by molar-refractivity contribution is 5.73. The Kier molecular flexibility index (Phi) is 5.71. The fraction of sp³-hybridized carbons (Fsp3) is 0.421. The second kappa shape index (κ2) is 8.16. The molecule has 1 aliphatic heterocycles. The minimum absolute atomic E-state index is 0.0417. The molecule has 0 spiro atoms. The van der Waals surface area contributed by atoms with Gasteiger partial charge in [-0.05, 0) is 62.2 Å². The fourth-order valence-electron chi connectivity index (χ4n) is 3.12. The summed E-state index contributed by atoms with van der Waals surface area (Å²) in [5, 5.41) is 5.67. The van der Waals surface area contributed by atoms with Gasteiger partial charge in [-0.1, -0.05) is 12.1 Å². The van der Waals surface area contributed by atoms with Gasteiger partial charge in [0.05, 0.1) is 12.3 Å². The molecule has 0 aliphatic carbocycles. The summed E-state index contributed by atoms with van der Waals surface area (Å²) in [6, 6.07) is 8.56. The lowest BCUT2D eigenvalue weighted by Crippen LogP contribution is -2.41. The molecule has 25 heavy (non-hydrogen) atoms. The van der Waals surface area contributed by atoms with Crippen LogP contribution in [0.25, 0.3) is 0 Å². The van der Waals surface area contributed by atoms with Gasteiger partial charge in [0, 0.05) is 13.1 Å². The van der Waals surface area contributed by atoms with Gasteiger partial charge in [0.2, 0.25) is 0 Å². The molecule has 2 aromatic rings. The van der Waals surface area contributed by atoms with Crippen LogP contribution in [0.1, 0.15) is 35.8 Å². The number of benzene rings is 1. The van der Waals surface area contributed by atoms with Gasteiger partial charge in [-0.25, -0.2) is 9.18 Å². The number of likely N-dealkylation sites (tertiary alicyclic amines) is 1. The molecule has 1 saturated heterocycles. The van der Waals surface area contributed by atoms with Gasteiger partial charge in [0.25, 0.3) is 0 Å². The topological polar surface area (TPSA) is 57.5 Å². The maximum Gasteiger partial charge on any atom is 0.315 e. The minimum Gasteiger partial charge on any atom is -0.468 e. The molecule has 0 saturated carbocycles. The lowest BCUT2D eigenvalue weighted by atomic mass is 10.1. The van der Waals surface area contributed by atoms with E-state index in [-0.39, 0.29) is 24.4 Å². The highest BCUT2D eigenvalue weighted by Crippen LogP contribution is 2.24. The smallest absolute Gasteiger partial charge is 0.315 e. The number of rotatable bonds is 6. The van der Waals surface area contributed by atoms with Crippen LogP contribution in [0.4, 0.5) is 9.18 Å². The van der Waals surface area contributed by atoms with E-state index in [0.717, 1.165) is 24.4 Å². The molecule has 2 amide bonds. The summed E-state index contributed by atoms with van der Waals surface area (Å²) in [5.74, 6) is 0.606. The highest BCUT2D eigenvalue weighted by Gasteiger charge is 2.25. The Bertz CT molecular complexity index is 697. The normalized spacial score (nSPS) is 15.9. The molecular weight excluding hydrogens is 321 g/mol. The monoisotopic (exact) mass is 345 g/mol. The molecule has 2 N–H and O–H groups in total. The van der Waals surface area contributed by atoms with Crippen molar-refractivity contribution in [2.75, 3.05) is 19.6 Å². The van der Waals surface area contributed by atoms with E-state index < -0.39 is 0 Å². The predicted molar refractivity (Wildman–Crippen MR) is 93.6 cm³/mol. The second-order valence-electron chi connectivity index (χ2n) is 6.42. The lowest BCUT2D eigenvalue weighted by molar-refractivity contribution is 0.203. The summed E-state index contributed by atoms with van der Waals surface area (Å²) in [7, 11) is 0. The molecule has 1 unspecified atom stereocenters. The zero-order chi connectivity index (χ0) is 17.6. The minimum atomic E-state index is -0.267. The fourth-order valence-corrected chi connectivity index (χ4v) is 3.12. The first kappa shape index (κ1) is 17.5. The van der Waals surface area contributed by atoms with Crippen LogP contribution in [0, 0.1) is 12.7 Å². The third kappa shape index (κ3) is 4.60. The SMILES string of the molecule is Cc1ccc(CNC(=O)NCC(c2ccco2)N2CCCC2)cc1F. The van der Waals surface area contributed by atoms with E-state index in [4.69, 9.17) is 4.42 Å². The Morgan fingerprint density at radius 1 is 1.28 bits per heavy atom. The molecule has 0 bridgehead atoms. The number of hydrogen-bond donors (Lipinski definition) is 2. The Balaban J connectivity index is 1.51. The predicted octanol–water partition coefficient (Wildman–Crippen LogP) is 3.36. The van der Waals surface area contributed by atoms with Crippen LogP contribution >= 0.6 is 0 Å². The Morgan fingerprint density at radius 2 is 2.08 bits per heavy atom. The van der Waals surface area contributed by atoms with Crippen LogP contribution in [0.2, 0.25) is 0 Å². The Labute approximate surface area is 147 Å². The van der Waals surface area contributed by atoms with Crippen molar-refractivity contribution in [3.63, 3.8) is 0 Å². The number of furan rings is 1. The molecule has 134 valence electrons. The van der Waals surface area contributed by atoms with Gasteiger partial charge in [-0.15, -0.1) is 0 Å². The van der Waals surface area contributed by atoms with Crippen LogP contribution in [-0.4, -0.2) is 30.6 Å². The van der Waals surface area contributed by atoms with Crippen molar-refractivity contribution >= 4 is 6.03 Å². The maximum absolute atomic E-state index is 13.5. The molecule has 1 aromatic heterocycles. The Hall–Kier alpha value is -2.34. The third-order valence-corrected chi connectivity index (χ3v) is 4.60. The summed E-state index contributed by atoms with van der Waals surface area (Å²) < 4.78 is 19.1. The number of carbonyl (C=O) groups is 1. The average Bonchev–Trinajstić information content (AvgIpc) is 3.30. The summed E-state index contributed by atoms with van der Waals surface area (Å²) in [6.07, 6.45) is 4.00. The molecule has 0 radical (unpaired) electrons. The Morgan fingerprint density at radius 3 is 2.76 bits per heavy atom. The number of nitrogens with zero attached hydrogens (tertiary/aromatic N) is 1. The van der Waals surface area contributed by atoms with E-state index in [1.165, 1.54) is 18.9 Å². The number of nitrogens with one attached hydrogen (secondary N) is 2.